The van der Waals surface area contributed by atoms with Crippen LogP contribution in [0.4, 0.5) is 0 Å². The molecule has 106 valence electrons. The lowest BCUT2D eigenvalue weighted by Gasteiger charge is -2.39. The van der Waals surface area contributed by atoms with Crippen LogP contribution in [0.2, 0.25) is 0 Å². The minimum atomic E-state index is 0.0624. The number of nitrogens with zero attached hydrogens (tertiary/aromatic N) is 1. The molecular formula is C14H31N3O+2. The smallest absolute Gasteiger partial charge is 0.280 e. The average molecular weight is 257 g/mol. The van der Waals surface area contributed by atoms with Crippen LogP contribution < -0.4 is 10.2 Å². The quantitative estimate of drug-likeness (QED) is 0.643. The summed E-state index contributed by atoms with van der Waals surface area (Å²) in [5.41, 5.74) is 0. The molecule has 4 nitrogen and oxygen atoms in total. The van der Waals surface area contributed by atoms with E-state index in [2.05, 4.69) is 38.2 Å². The third-order valence-electron chi connectivity index (χ3n) is 4.00. The van der Waals surface area contributed by atoms with Crippen LogP contribution in [0.5, 0.6) is 0 Å². The molecule has 0 saturated carbocycles. The number of amides is 1. The Morgan fingerprint density at radius 2 is 1.89 bits per heavy atom. The van der Waals surface area contributed by atoms with E-state index >= 15 is 0 Å². The Hall–Kier alpha value is -0.610. The van der Waals surface area contributed by atoms with Gasteiger partial charge in [-0.2, -0.15) is 0 Å². The summed E-state index contributed by atoms with van der Waals surface area (Å²) in [7, 11) is 4.30. The summed E-state index contributed by atoms with van der Waals surface area (Å²) in [5, 5.41) is 2.18. The zero-order chi connectivity index (χ0) is 13.7. The minimum absolute atomic E-state index is 0.0624. The maximum atomic E-state index is 12.5. The van der Waals surface area contributed by atoms with Crippen molar-refractivity contribution in [3.63, 3.8) is 0 Å². The van der Waals surface area contributed by atoms with Crippen LogP contribution in [0.15, 0.2) is 0 Å². The molecule has 0 spiro atoms. The summed E-state index contributed by atoms with van der Waals surface area (Å²) in [6.07, 6.45) is 3.57. The normalized spacial score (nSPS) is 26.4. The van der Waals surface area contributed by atoms with Crippen LogP contribution in [0.25, 0.3) is 0 Å². The van der Waals surface area contributed by atoms with Crippen LogP contribution in [-0.4, -0.2) is 56.1 Å². The topological polar surface area (TPSA) is 41.4 Å². The molecule has 0 aromatic carbocycles. The molecule has 0 aliphatic carbocycles. The van der Waals surface area contributed by atoms with Gasteiger partial charge >= 0.3 is 0 Å². The van der Waals surface area contributed by atoms with Gasteiger partial charge in [-0.15, -0.1) is 0 Å². The van der Waals surface area contributed by atoms with Crippen molar-refractivity contribution < 1.29 is 15.0 Å². The van der Waals surface area contributed by atoms with Crippen molar-refractivity contribution in [3.05, 3.63) is 0 Å². The van der Waals surface area contributed by atoms with Gasteiger partial charge in [-0.1, -0.05) is 0 Å². The van der Waals surface area contributed by atoms with Crippen LogP contribution in [0.3, 0.4) is 0 Å². The lowest BCUT2D eigenvalue weighted by atomic mass is 9.96. The number of quaternary nitrogens is 2. The van der Waals surface area contributed by atoms with Gasteiger partial charge in [-0.3, -0.25) is 4.79 Å². The zero-order valence-corrected chi connectivity index (χ0v) is 12.7. The van der Waals surface area contributed by atoms with E-state index in [1.54, 1.807) is 0 Å². The Morgan fingerprint density at radius 3 is 2.39 bits per heavy atom. The van der Waals surface area contributed by atoms with E-state index in [4.69, 9.17) is 0 Å². The first-order valence-electron chi connectivity index (χ1n) is 7.38. The van der Waals surface area contributed by atoms with Gasteiger partial charge in [-0.25, -0.2) is 0 Å². The van der Waals surface area contributed by atoms with Crippen molar-refractivity contribution >= 4 is 5.91 Å². The van der Waals surface area contributed by atoms with Crippen LogP contribution in [0.1, 0.15) is 40.0 Å². The lowest BCUT2D eigenvalue weighted by Crippen LogP contribution is -3.10. The molecule has 1 fully saturated rings. The summed E-state index contributed by atoms with van der Waals surface area (Å²) < 4.78 is 0. The fraction of sp³-hybridized carbons (Fsp3) is 0.929. The molecule has 1 rings (SSSR count). The highest BCUT2D eigenvalue weighted by Gasteiger charge is 2.32. The van der Waals surface area contributed by atoms with Gasteiger partial charge in [0.15, 0.2) is 6.04 Å². The highest BCUT2D eigenvalue weighted by Crippen LogP contribution is 2.22. The average Bonchev–Trinajstić information content (AvgIpc) is 2.27. The SMILES string of the molecule is C[C@@H]1CCC[C@H](C)N1C(=O)[C@@H](C)[NH2+]CC[NH+](C)C. The largest absolute Gasteiger partial charge is 0.335 e. The molecule has 1 aliphatic heterocycles. The van der Waals surface area contributed by atoms with Gasteiger partial charge in [0.05, 0.1) is 14.1 Å². The summed E-state index contributed by atoms with van der Waals surface area (Å²) in [4.78, 5) is 16.0. The van der Waals surface area contributed by atoms with Gasteiger partial charge in [0.1, 0.15) is 13.1 Å². The van der Waals surface area contributed by atoms with Gasteiger partial charge in [0, 0.05) is 12.1 Å². The highest BCUT2D eigenvalue weighted by atomic mass is 16.2. The molecule has 18 heavy (non-hydrogen) atoms. The molecule has 0 aromatic rings. The standard InChI is InChI=1S/C14H29N3O/c1-11-7-6-8-12(2)17(11)14(18)13(3)15-9-10-16(4)5/h11-13,15H,6-10H2,1-5H3/p+2/t11-,12+,13-/m1/s1. The molecule has 1 aliphatic rings. The molecule has 0 radical (unpaired) electrons. The van der Waals surface area contributed by atoms with E-state index < -0.39 is 0 Å². The molecule has 0 unspecified atom stereocenters. The maximum Gasteiger partial charge on any atom is 0.280 e. The van der Waals surface area contributed by atoms with Crippen molar-refractivity contribution in [2.45, 2.75) is 58.2 Å². The van der Waals surface area contributed by atoms with Crippen LogP contribution >= 0.6 is 0 Å². The van der Waals surface area contributed by atoms with E-state index in [0.717, 1.165) is 25.9 Å². The van der Waals surface area contributed by atoms with Gasteiger partial charge in [0.25, 0.3) is 5.91 Å². The first-order chi connectivity index (χ1) is 8.43. The van der Waals surface area contributed by atoms with E-state index in [1.807, 2.05) is 6.92 Å². The summed E-state index contributed by atoms with van der Waals surface area (Å²) in [6, 6.07) is 0.889. The number of likely N-dealkylation sites (N-methyl/N-ethyl adjacent to an activating group) is 1. The number of nitrogens with one attached hydrogen (secondary N) is 1. The Balaban J connectivity index is 2.46. The third-order valence-corrected chi connectivity index (χ3v) is 4.00. The molecular weight excluding hydrogens is 226 g/mol. The fourth-order valence-corrected chi connectivity index (χ4v) is 2.81. The summed E-state index contributed by atoms with van der Waals surface area (Å²) >= 11 is 0. The fourth-order valence-electron chi connectivity index (χ4n) is 2.81. The molecule has 3 atom stereocenters. The Morgan fingerprint density at radius 1 is 1.33 bits per heavy atom. The lowest BCUT2D eigenvalue weighted by molar-refractivity contribution is -0.875. The summed E-state index contributed by atoms with van der Waals surface area (Å²) in [5.74, 6) is 0.323. The van der Waals surface area contributed by atoms with Crippen LogP contribution in [0, 0.1) is 0 Å². The molecule has 0 aromatic heterocycles. The molecule has 1 amide bonds. The number of hydrogen-bond acceptors (Lipinski definition) is 1. The number of nitrogens with two attached hydrogens (primary N) is 1. The predicted octanol–water partition coefficient (Wildman–Crippen LogP) is -1.13. The predicted molar refractivity (Wildman–Crippen MR) is 73.6 cm³/mol. The van der Waals surface area contributed by atoms with Crippen molar-refractivity contribution in [2.24, 2.45) is 0 Å². The monoisotopic (exact) mass is 257 g/mol. The molecule has 4 heteroatoms. The third kappa shape index (κ3) is 4.25. The summed E-state index contributed by atoms with van der Waals surface area (Å²) in [6.45, 7) is 8.53. The van der Waals surface area contributed by atoms with Crippen molar-refractivity contribution in [2.75, 3.05) is 27.2 Å². The van der Waals surface area contributed by atoms with E-state index in [-0.39, 0.29) is 6.04 Å². The Kier molecular flexibility index (Phi) is 6.09. The first-order valence-corrected chi connectivity index (χ1v) is 7.38. The molecule has 3 N–H and O–H groups in total. The van der Waals surface area contributed by atoms with Crippen LogP contribution in [-0.2, 0) is 4.79 Å². The number of piperidine rings is 1. The Bertz CT molecular complexity index is 258. The molecule has 1 saturated heterocycles. The van der Waals surface area contributed by atoms with Crippen molar-refractivity contribution in [1.82, 2.24) is 4.90 Å². The number of carbonyl (C=O) groups is 1. The highest BCUT2D eigenvalue weighted by molar-refractivity contribution is 5.80. The Labute approximate surface area is 112 Å². The first kappa shape index (κ1) is 15.4. The van der Waals surface area contributed by atoms with Crippen molar-refractivity contribution in [3.8, 4) is 0 Å². The van der Waals surface area contributed by atoms with E-state index in [1.165, 1.54) is 11.3 Å². The second-order valence-corrected chi connectivity index (χ2v) is 6.14. The van der Waals surface area contributed by atoms with Gasteiger partial charge < -0.3 is 15.1 Å². The van der Waals surface area contributed by atoms with E-state index in [0.29, 0.717) is 18.0 Å². The zero-order valence-electron chi connectivity index (χ0n) is 12.7. The molecule has 1 heterocycles. The maximum absolute atomic E-state index is 12.5. The number of likely N-dealkylation sites (tertiary alicyclic amines) is 1. The molecule has 0 bridgehead atoms. The van der Waals surface area contributed by atoms with Gasteiger partial charge in [0.2, 0.25) is 0 Å². The van der Waals surface area contributed by atoms with E-state index in [9.17, 15) is 4.79 Å². The van der Waals surface area contributed by atoms with Gasteiger partial charge in [-0.05, 0) is 40.0 Å². The van der Waals surface area contributed by atoms with Crippen molar-refractivity contribution in [1.29, 1.82) is 0 Å². The second kappa shape index (κ2) is 7.10. The minimum Gasteiger partial charge on any atom is -0.335 e. The number of hydrogen-bond donors (Lipinski definition) is 2. The number of carbonyl (C=O) groups excluding carboxylic acids is 1. The second-order valence-electron chi connectivity index (χ2n) is 6.14. The number of rotatable bonds is 5.